The van der Waals surface area contributed by atoms with Crippen molar-refractivity contribution in [3.63, 3.8) is 0 Å². The molecule has 0 saturated carbocycles. The van der Waals surface area contributed by atoms with Gasteiger partial charge in [-0.15, -0.1) is 5.73 Å². The van der Waals surface area contributed by atoms with Crippen molar-refractivity contribution >= 4 is 11.9 Å². The minimum absolute atomic E-state index is 0.307. The van der Waals surface area contributed by atoms with Crippen LogP contribution in [0.1, 0.15) is 31.2 Å². The summed E-state index contributed by atoms with van der Waals surface area (Å²) in [5.41, 5.74) is 5.03. The first-order valence-corrected chi connectivity index (χ1v) is 10.2. The van der Waals surface area contributed by atoms with Gasteiger partial charge in [-0.3, -0.25) is 9.59 Å². The number of carbonyl (C=O) groups is 2. The minimum Gasteiger partial charge on any atom is -0.452 e. The first kappa shape index (κ1) is 22.0. The molecule has 158 valence electrons. The maximum atomic E-state index is 13.3. The standard InChI is InChI=1S/C26H24FNO3/c1-2-23(25(29)28-22-16-10-15-21(27)17-18-22)31-26(30)24(20-13-8-5-9-14-20)19-11-6-3-4-7-12-19/h3-6,8-15,17-18,23-24H,2,16H2,1H3,(H,28,29). The van der Waals surface area contributed by atoms with Gasteiger partial charge in [0.1, 0.15) is 11.7 Å². The first-order chi connectivity index (χ1) is 15.1. The van der Waals surface area contributed by atoms with E-state index in [-0.39, 0.29) is 5.83 Å². The molecule has 5 heteroatoms. The summed E-state index contributed by atoms with van der Waals surface area (Å²) in [6, 6.07) is 9.28. The van der Waals surface area contributed by atoms with Crippen LogP contribution in [0.3, 0.4) is 0 Å². The van der Waals surface area contributed by atoms with Crippen LogP contribution in [-0.4, -0.2) is 18.0 Å². The highest BCUT2D eigenvalue weighted by Crippen LogP contribution is 2.28. The molecule has 0 saturated heterocycles. The lowest BCUT2D eigenvalue weighted by Gasteiger charge is -2.22. The number of hydrogen-bond acceptors (Lipinski definition) is 3. The van der Waals surface area contributed by atoms with Crippen LogP contribution in [0.4, 0.5) is 4.39 Å². The Labute approximate surface area is 181 Å². The first-order valence-electron chi connectivity index (χ1n) is 10.2. The maximum Gasteiger partial charge on any atom is 0.318 e. The second kappa shape index (κ2) is 10.9. The van der Waals surface area contributed by atoms with E-state index in [4.69, 9.17) is 4.74 Å². The summed E-state index contributed by atoms with van der Waals surface area (Å²) in [4.78, 5) is 26.0. The third-order valence-corrected chi connectivity index (χ3v) is 4.81. The number of nitrogens with one attached hydrogen (secondary N) is 1. The number of benzene rings is 1. The highest BCUT2D eigenvalue weighted by molar-refractivity contribution is 5.88. The molecule has 2 atom stereocenters. The average Bonchev–Trinajstić information content (AvgIpc) is 3.16. The zero-order valence-electron chi connectivity index (χ0n) is 17.3. The molecule has 1 N–H and O–H groups in total. The molecule has 2 aliphatic rings. The Kier molecular flexibility index (Phi) is 7.74. The third kappa shape index (κ3) is 6.14. The molecule has 1 amide bonds. The molecule has 3 rings (SSSR count). The second-order valence-electron chi connectivity index (χ2n) is 7.05. The molecule has 0 spiro atoms. The van der Waals surface area contributed by atoms with E-state index in [1.54, 1.807) is 25.2 Å². The van der Waals surface area contributed by atoms with Gasteiger partial charge in [0, 0.05) is 12.1 Å². The van der Waals surface area contributed by atoms with Crippen LogP contribution >= 0.6 is 0 Å². The summed E-state index contributed by atoms with van der Waals surface area (Å²) in [5, 5.41) is 2.74. The van der Waals surface area contributed by atoms with Crippen LogP contribution in [-0.2, 0) is 14.3 Å². The van der Waals surface area contributed by atoms with Gasteiger partial charge in [-0.2, -0.15) is 0 Å². The second-order valence-corrected chi connectivity index (χ2v) is 7.05. The predicted molar refractivity (Wildman–Crippen MR) is 118 cm³/mol. The average molecular weight is 417 g/mol. The number of amides is 1. The number of ether oxygens (including phenoxy) is 1. The van der Waals surface area contributed by atoms with Crippen molar-refractivity contribution < 1.29 is 18.7 Å². The van der Waals surface area contributed by atoms with E-state index in [0.29, 0.717) is 24.1 Å². The Bertz CT molecular complexity index is 1040. The largest absolute Gasteiger partial charge is 0.452 e. The fourth-order valence-corrected chi connectivity index (χ4v) is 3.22. The van der Waals surface area contributed by atoms with Crippen molar-refractivity contribution in [2.24, 2.45) is 0 Å². The molecule has 4 nitrogen and oxygen atoms in total. The zero-order valence-corrected chi connectivity index (χ0v) is 17.3. The topological polar surface area (TPSA) is 55.4 Å². The highest BCUT2D eigenvalue weighted by Gasteiger charge is 2.30. The Morgan fingerprint density at radius 2 is 1.97 bits per heavy atom. The molecule has 2 unspecified atom stereocenters. The molecule has 0 radical (unpaired) electrons. The summed E-state index contributed by atoms with van der Waals surface area (Å²) < 4.78 is 19.0. The van der Waals surface area contributed by atoms with Gasteiger partial charge in [0.05, 0.1) is 0 Å². The molecule has 2 aliphatic carbocycles. The summed E-state index contributed by atoms with van der Waals surface area (Å²) in [5.74, 6) is -2.04. The van der Waals surface area contributed by atoms with Gasteiger partial charge in [0.2, 0.25) is 0 Å². The van der Waals surface area contributed by atoms with Crippen LogP contribution in [0.25, 0.3) is 0 Å². The van der Waals surface area contributed by atoms with Crippen molar-refractivity contribution in [1.82, 2.24) is 5.32 Å². The summed E-state index contributed by atoms with van der Waals surface area (Å²) >= 11 is 0. The van der Waals surface area contributed by atoms with Gasteiger partial charge in [0.25, 0.3) is 5.91 Å². The fourth-order valence-electron chi connectivity index (χ4n) is 3.22. The third-order valence-electron chi connectivity index (χ3n) is 4.81. The molecule has 0 fully saturated rings. The summed E-state index contributed by atoms with van der Waals surface area (Å²) in [7, 11) is 0. The van der Waals surface area contributed by atoms with Crippen molar-refractivity contribution in [3.8, 4) is 0 Å². The lowest BCUT2D eigenvalue weighted by atomic mass is 9.90. The number of hydrogen-bond donors (Lipinski definition) is 1. The quantitative estimate of drug-likeness (QED) is 0.495. The van der Waals surface area contributed by atoms with E-state index in [1.165, 1.54) is 18.2 Å². The molecule has 0 aromatic heterocycles. The van der Waals surface area contributed by atoms with Gasteiger partial charge in [-0.1, -0.05) is 61.6 Å². The monoisotopic (exact) mass is 417 g/mol. The Hall–Kier alpha value is -3.69. The Morgan fingerprint density at radius 1 is 1.16 bits per heavy atom. The van der Waals surface area contributed by atoms with Gasteiger partial charge in [0.15, 0.2) is 6.10 Å². The van der Waals surface area contributed by atoms with Crippen LogP contribution < -0.4 is 5.32 Å². The van der Waals surface area contributed by atoms with Crippen molar-refractivity contribution in [3.05, 3.63) is 113 Å². The highest BCUT2D eigenvalue weighted by atomic mass is 19.1. The molecular weight excluding hydrogens is 393 g/mol. The zero-order chi connectivity index (χ0) is 22.1. The molecule has 0 heterocycles. The van der Waals surface area contributed by atoms with Crippen LogP contribution in [0.5, 0.6) is 0 Å². The van der Waals surface area contributed by atoms with Crippen molar-refractivity contribution in [2.75, 3.05) is 0 Å². The van der Waals surface area contributed by atoms with E-state index in [0.717, 1.165) is 5.56 Å². The van der Waals surface area contributed by atoms with E-state index >= 15 is 0 Å². The van der Waals surface area contributed by atoms with E-state index in [2.05, 4.69) is 11.0 Å². The number of allylic oxidation sites excluding steroid dienone is 9. The normalized spacial score (nSPS) is 16.9. The lowest BCUT2D eigenvalue weighted by Crippen LogP contribution is -2.38. The van der Waals surface area contributed by atoms with E-state index in [9.17, 15) is 14.0 Å². The van der Waals surface area contributed by atoms with Gasteiger partial charge in [-0.25, -0.2) is 4.39 Å². The molecule has 1 aromatic carbocycles. The van der Waals surface area contributed by atoms with Gasteiger partial charge < -0.3 is 10.1 Å². The molecule has 0 aliphatic heterocycles. The number of esters is 1. The van der Waals surface area contributed by atoms with Gasteiger partial charge in [-0.05, 0) is 47.9 Å². The predicted octanol–water partition coefficient (Wildman–Crippen LogP) is 5.11. The van der Waals surface area contributed by atoms with E-state index < -0.39 is 23.9 Å². The lowest BCUT2D eigenvalue weighted by molar-refractivity contribution is -0.156. The number of carbonyl (C=O) groups excluding carboxylic acids is 2. The van der Waals surface area contributed by atoms with Gasteiger partial charge >= 0.3 is 5.97 Å². The maximum absolute atomic E-state index is 13.3. The molecule has 0 bridgehead atoms. The Balaban J connectivity index is 1.78. The van der Waals surface area contributed by atoms with E-state index in [1.807, 2.05) is 48.6 Å². The molecule has 31 heavy (non-hydrogen) atoms. The van der Waals surface area contributed by atoms with Crippen LogP contribution in [0, 0.1) is 0 Å². The summed E-state index contributed by atoms with van der Waals surface area (Å²) in [6.45, 7) is 1.77. The SMILES string of the molecule is CCC(OC(=O)C(C1=CC=CC=C=C1)c1ccccc1)C(=O)NC1=CC=C(F)C=CC1. The van der Waals surface area contributed by atoms with Crippen molar-refractivity contribution in [1.29, 1.82) is 0 Å². The minimum atomic E-state index is -0.970. The summed E-state index contributed by atoms with van der Waals surface area (Å²) in [6.07, 6.45) is 14.4. The fraction of sp³-hybridized carbons (Fsp3) is 0.192. The van der Waals surface area contributed by atoms with Crippen LogP contribution in [0.2, 0.25) is 0 Å². The Morgan fingerprint density at radius 3 is 2.74 bits per heavy atom. The smallest absolute Gasteiger partial charge is 0.318 e. The van der Waals surface area contributed by atoms with Crippen molar-refractivity contribution in [2.45, 2.75) is 31.8 Å². The van der Waals surface area contributed by atoms with Crippen LogP contribution in [0.15, 0.2) is 108 Å². The molecule has 1 aromatic rings. The number of rotatable bonds is 7. The molecular formula is C26H24FNO3. The number of halogens is 1.